The van der Waals surface area contributed by atoms with Crippen molar-refractivity contribution >= 4 is 23.3 Å². The van der Waals surface area contributed by atoms with Crippen LogP contribution < -0.4 is 15.2 Å². The minimum atomic E-state index is 0.557. The van der Waals surface area contributed by atoms with E-state index in [4.69, 9.17) is 9.15 Å². The molecule has 4 rings (SSSR count). The van der Waals surface area contributed by atoms with Gasteiger partial charge in [0.1, 0.15) is 17.9 Å². The predicted octanol–water partition coefficient (Wildman–Crippen LogP) is 3.32. The van der Waals surface area contributed by atoms with Crippen molar-refractivity contribution in [1.29, 1.82) is 0 Å². The highest BCUT2D eigenvalue weighted by Gasteiger charge is 2.12. The van der Waals surface area contributed by atoms with Gasteiger partial charge >= 0.3 is 0 Å². The number of fused-ring (bicyclic) bond motifs is 3. The fourth-order valence-electron chi connectivity index (χ4n) is 3.00. The Labute approximate surface area is 134 Å². The maximum atomic E-state index is 6.10. The summed E-state index contributed by atoms with van der Waals surface area (Å²) in [5, 5.41) is 2.30. The molecule has 23 heavy (non-hydrogen) atoms. The Kier molecular flexibility index (Phi) is 3.62. The summed E-state index contributed by atoms with van der Waals surface area (Å²) < 4.78 is 12.0. The lowest BCUT2D eigenvalue weighted by Gasteiger charge is -2.10. The summed E-state index contributed by atoms with van der Waals surface area (Å²) >= 11 is 0. The number of hydrogen-bond acceptors (Lipinski definition) is 3. The third-order valence-electron chi connectivity index (χ3n) is 4.17. The van der Waals surface area contributed by atoms with E-state index in [1.54, 1.807) is 0 Å². The summed E-state index contributed by atoms with van der Waals surface area (Å²) in [6, 6.07) is 12.2. The number of nitrogens with zero attached hydrogens (tertiary/aromatic N) is 1. The number of hydrogen-bond donors (Lipinski definition) is 0. The molecule has 0 fully saturated rings. The van der Waals surface area contributed by atoms with Crippen LogP contribution in [0.5, 0.6) is 5.75 Å². The molecule has 1 aromatic heterocycles. The molecule has 0 saturated heterocycles. The van der Waals surface area contributed by atoms with Crippen molar-refractivity contribution < 1.29 is 9.15 Å². The topological polar surface area (TPSA) is 35.3 Å². The molecule has 0 saturated carbocycles. The Bertz CT molecular complexity index is 955. The van der Waals surface area contributed by atoms with Crippen LogP contribution in [0.3, 0.4) is 0 Å². The largest absolute Gasteiger partial charge is 0.488 e. The Morgan fingerprint density at radius 2 is 1.87 bits per heavy atom. The normalized spacial score (nSPS) is 13.3. The molecule has 1 heterocycles. The number of oxazole rings is 1. The van der Waals surface area contributed by atoms with Gasteiger partial charge in [-0.3, -0.25) is 0 Å². The molecule has 0 aliphatic heterocycles. The van der Waals surface area contributed by atoms with Gasteiger partial charge in [0.15, 0.2) is 11.5 Å². The van der Waals surface area contributed by atoms with Gasteiger partial charge in [-0.15, -0.1) is 0 Å². The van der Waals surface area contributed by atoms with Crippen LogP contribution in [0.15, 0.2) is 40.8 Å². The van der Waals surface area contributed by atoms with E-state index in [1.165, 1.54) is 0 Å². The third kappa shape index (κ3) is 2.63. The van der Waals surface area contributed by atoms with E-state index < -0.39 is 0 Å². The molecule has 2 aromatic carbocycles. The van der Waals surface area contributed by atoms with E-state index in [-0.39, 0.29) is 0 Å². The zero-order valence-corrected chi connectivity index (χ0v) is 13.2. The molecule has 0 unspecified atom stereocenters. The van der Waals surface area contributed by atoms with Crippen LogP contribution in [-0.2, 0) is 13.0 Å². The van der Waals surface area contributed by atoms with Crippen LogP contribution in [0.1, 0.15) is 31.2 Å². The lowest BCUT2D eigenvalue weighted by molar-refractivity contribution is 0.303. The quantitative estimate of drug-likeness (QED) is 0.741. The minimum absolute atomic E-state index is 0.557. The summed E-state index contributed by atoms with van der Waals surface area (Å²) in [5.41, 5.74) is 2.93. The van der Waals surface area contributed by atoms with Gasteiger partial charge < -0.3 is 9.15 Å². The summed E-state index contributed by atoms with van der Waals surface area (Å²) in [6.45, 7) is 2.61. The first-order chi connectivity index (χ1) is 11.3. The van der Waals surface area contributed by atoms with Crippen LogP contribution in [0.2, 0.25) is 0 Å². The van der Waals surface area contributed by atoms with Crippen LogP contribution >= 0.6 is 0 Å². The van der Waals surface area contributed by atoms with Crippen LogP contribution in [-0.4, -0.2) is 4.98 Å². The van der Waals surface area contributed by atoms with Gasteiger partial charge in [-0.2, -0.15) is 0 Å². The molecular weight excluding hydrogens is 286 g/mol. The first-order valence-electron chi connectivity index (χ1n) is 8.14. The molecule has 0 atom stereocenters. The lowest BCUT2D eigenvalue weighted by Crippen LogP contribution is -2.29. The highest BCUT2D eigenvalue weighted by Crippen LogP contribution is 2.18. The zero-order chi connectivity index (χ0) is 15.6. The number of benzene rings is 2. The van der Waals surface area contributed by atoms with E-state index in [0.29, 0.717) is 6.61 Å². The van der Waals surface area contributed by atoms with Gasteiger partial charge in [0, 0.05) is 22.9 Å². The van der Waals surface area contributed by atoms with Gasteiger partial charge in [-0.25, -0.2) is 4.98 Å². The number of aryl methyl sites for hydroxylation is 1. The maximum Gasteiger partial charge on any atom is 0.195 e. The first kappa shape index (κ1) is 14.1. The molecule has 3 aromatic rings. The van der Waals surface area contributed by atoms with Crippen molar-refractivity contribution in [3.05, 3.63) is 58.3 Å². The van der Waals surface area contributed by atoms with E-state index in [9.17, 15) is 0 Å². The van der Waals surface area contributed by atoms with Crippen molar-refractivity contribution in [3.8, 4) is 5.75 Å². The molecule has 0 amide bonds. The molecule has 0 bridgehead atoms. The Hall–Kier alpha value is -2.55. The number of rotatable bonds is 4. The number of aromatic nitrogens is 1. The average Bonchev–Trinajstić information content (AvgIpc) is 3.04. The van der Waals surface area contributed by atoms with Crippen molar-refractivity contribution in [2.45, 2.75) is 32.8 Å². The van der Waals surface area contributed by atoms with E-state index >= 15 is 0 Å². The van der Waals surface area contributed by atoms with Gasteiger partial charge in [0.05, 0.1) is 0 Å². The molecule has 3 heteroatoms. The summed E-state index contributed by atoms with van der Waals surface area (Å²) in [5.74, 6) is 1.66. The highest BCUT2D eigenvalue weighted by atomic mass is 16.5. The fraction of sp³-hybridized carbons (Fsp3) is 0.250. The minimum Gasteiger partial charge on any atom is -0.488 e. The summed E-state index contributed by atoms with van der Waals surface area (Å²) in [4.78, 5) is 4.63. The van der Waals surface area contributed by atoms with E-state index in [2.05, 4.69) is 36.2 Å². The standard InChI is InChI=1S/C20H19NO2/c1-2-19-21-20-16-11-7-6-10-15(16)17(12-18(20)23-19)22-13-14-8-4-3-5-9-14/h3-5,8-12H,2,6-7,13H2,1H3. The van der Waals surface area contributed by atoms with E-state index in [0.717, 1.165) is 58.0 Å². The van der Waals surface area contributed by atoms with Crippen LogP contribution in [0.25, 0.3) is 23.3 Å². The van der Waals surface area contributed by atoms with E-state index in [1.807, 2.05) is 24.3 Å². The van der Waals surface area contributed by atoms with Crippen LogP contribution in [0.4, 0.5) is 0 Å². The lowest BCUT2D eigenvalue weighted by atomic mass is 10.1. The second-order valence-corrected chi connectivity index (χ2v) is 5.77. The van der Waals surface area contributed by atoms with Crippen molar-refractivity contribution in [3.63, 3.8) is 0 Å². The van der Waals surface area contributed by atoms with Gasteiger partial charge in [-0.1, -0.05) is 49.4 Å². The zero-order valence-electron chi connectivity index (χ0n) is 13.2. The molecule has 1 aliphatic rings. The number of ether oxygens (including phenoxy) is 1. The van der Waals surface area contributed by atoms with Gasteiger partial charge in [0.2, 0.25) is 0 Å². The van der Waals surface area contributed by atoms with Crippen molar-refractivity contribution in [2.75, 3.05) is 0 Å². The second-order valence-electron chi connectivity index (χ2n) is 5.77. The smallest absolute Gasteiger partial charge is 0.195 e. The predicted molar refractivity (Wildman–Crippen MR) is 91.6 cm³/mol. The fourth-order valence-corrected chi connectivity index (χ4v) is 3.00. The molecule has 0 N–H and O–H groups in total. The van der Waals surface area contributed by atoms with Gasteiger partial charge in [0.25, 0.3) is 0 Å². The van der Waals surface area contributed by atoms with Crippen molar-refractivity contribution in [1.82, 2.24) is 4.98 Å². The molecule has 1 aliphatic carbocycles. The van der Waals surface area contributed by atoms with Crippen molar-refractivity contribution in [2.24, 2.45) is 0 Å². The Morgan fingerprint density at radius 1 is 1.09 bits per heavy atom. The summed E-state index contributed by atoms with van der Waals surface area (Å²) in [6.07, 6.45) is 7.37. The SMILES string of the molecule is CCc1nc2c3c(c(OCc4ccccc4)cc2o1)=CCCC=3. The third-order valence-corrected chi connectivity index (χ3v) is 4.17. The molecule has 116 valence electrons. The average molecular weight is 305 g/mol. The van der Waals surface area contributed by atoms with Gasteiger partial charge in [-0.05, 0) is 18.4 Å². The molecular formula is C20H19NO2. The van der Waals surface area contributed by atoms with Crippen LogP contribution in [0, 0.1) is 0 Å². The first-order valence-corrected chi connectivity index (χ1v) is 8.14. The second kappa shape index (κ2) is 5.92. The summed E-state index contributed by atoms with van der Waals surface area (Å²) in [7, 11) is 0. The monoisotopic (exact) mass is 305 g/mol. The maximum absolute atomic E-state index is 6.10. The molecule has 0 radical (unpaired) electrons. The molecule has 3 nitrogen and oxygen atoms in total. The molecule has 0 spiro atoms. The highest BCUT2D eigenvalue weighted by molar-refractivity contribution is 5.77. The Morgan fingerprint density at radius 3 is 2.65 bits per heavy atom. The Balaban J connectivity index is 1.80.